The second kappa shape index (κ2) is 3.38. The van der Waals surface area contributed by atoms with Crippen molar-refractivity contribution < 1.29 is 0 Å². The summed E-state index contributed by atoms with van der Waals surface area (Å²) in [6.07, 6.45) is 1.82. The van der Waals surface area contributed by atoms with Crippen LogP contribution in [-0.4, -0.2) is 20.2 Å². The molecular weight excluding hydrogens is 220 g/mol. The number of aromatic amines is 1. The fraction of sp³-hybridized carbons (Fsp3) is 0.182. The highest BCUT2D eigenvalue weighted by Crippen LogP contribution is 2.30. The summed E-state index contributed by atoms with van der Waals surface area (Å²) in [5, 5.41) is 9.02. The minimum atomic E-state index is 0.793. The van der Waals surface area contributed by atoms with Gasteiger partial charge < -0.3 is 0 Å². The van der Waals surface area contributed by atoms with Crippen molar-refractivity contribution >= 4 is 21.6 Å². The van der Waals surface area contributed by atoms with E-state index in [9.17, 15) is 0 Å². The average Bonchev–Trinajstić information content (AvgIpc) is 2.84. The van der Waals surface area contributed by atoms with Crippen molar-refractivity contribution in [2.45, 2.75) is 13.8 Å². The summed E-state index contributed by atoms with van der Waals surface area (Å²) in [7, 11) is 0. The molecular formula is C11H10N4S. The van der Waals surface area contributed by atoms with Crippen molar-refractivity contribution in [2.75, 3.05) is 0 Å². The van der Waals surface area contributed by atoms with Gasteiger partial charge in [0.1, 0.15) is 5.82 Å². The number of nitrogens with zero attached hydrogens (tertiary/aromatic N) is 3. The molecule has 0 fully saturated rings. The van der Waals surface area contributed by atoms with Crippen LogP contribution in [0, 0.1) is 13.8 Å². The van der Waals surface area contributed by atoms with Gasteiger partial charge in [-0.3, -0.25) is 5.10 Å². The van der Waals surface area contributed by atoms with Crippen molar-refractivity contribution in [3.05, 3.63) is 29.2 Å². The van der Waals surface area contributed by atoms with E-state index in [0.29, 0.717) is 0 Å². The third-order valence-corrected chi connectivity index (χ3v) is 3.41. The van der Waals surface area contributed by atoms with Crippen molar-refractivity contribution in [3.8, 4) is 11.3 Å². The van der Waals surface area contributed by atoms with E-state index in [2.05, 4.69) is 20.2 Å². The smallest absolute Gasteiger partial charge is 0.126 e. The molecule has 80 valence electrons. The molecule has 0 atom stereocenters. The topological polar surface area (TPSA) is 54.5 Å². The summed E-state index contributed by atoms with van der Waals surface area (Å²) in [5.41, 5.74) is 4.07. The predicted octanol–water partition coefficient (Wildman–Crippen LogP) is 2.70. The Morgan fingerprint density at radius 3 is 2.88 bits per heavy atom. The first kappa shape index (κ1) is 9.47. The van der Waals surface area contributed by atoms with E-state index in [-0.39, 0.29) is 0 Å². The highest BCUT2D eigenvalue weighted by molar-refractivity contribution is 7.17. The van der Waals surface area contributed by atoms with E-state index in [4.69, 9.17) is 0 Å². The van der Waals surface area contributed by atoms with E-state index < -0.39 is 0 Å². The van der Waals surface area contributed by atoms with Gasteiger partial charge in [0, 0.05) is 11.3 Å². The summed E-state index contributed by atoms with van der Waals surface area (Å²) in [5.74, 6) is 0.793. The Hall–Kier alpha value is -1.75. The van der Waals surface area contributed by atoms with Gasteiger partial charge >= 0.3 is 0 Å². The molecule has 0 unspecified atom stereocenters. The maximum absolute atomic E-state index is 4.52. The van der Waals surface area contributed by atoms with Gasteiger partial charge in [-0.25, -0.2) is 9.97 Å². The summed E-state index contributed by atoms with van der Waals surface area (Å²) in [6.45, 7) is 3.91. The molecule has 1 N–H and O–H groups in total. The molecule has 0 aromatic carbocycles. The average molecular weight is 230 g/mol. The largest absolute Gasteiger partial charge is 0.282 e. The van der Waals surface area contributed by atoms with E-state index in [0.717, 1.165) is 33.0 Å². The molecule has 0 bridgehead atoms. The summed E-state index contributed by atoms with van der Waals surface area (Å²) >= 11 is 1.66. The van der Waals surface area contributed by atoms with Gasteiger partial charge in [-0.2, -0.15) is 5.10 Å². The predicted molar refractivity (Wildman–Crippen MR) is 64.5 cm³/mol. The maximum atomic E-state index is 4.52. The number of thiophene rings is 1. The van der Waals surface area contributed by atoms with E-state index in [1.807, 2.05) is 31.5 Å². The lowest BCUT2D eigenvalue weighted by molar-refractivity contribution is 1.05. The second-order valence-corrected chi connectivity index (χ2v) is 4.58. The minimum absolute atomic E-state index is 0.793. The molecule has 16 heavy (non-hydrogen) atoms. The Labute approximate surface area is 96.4 Å². The van der Waals surface area contributed by atoms with Crippen molar-refractivity contribution in [2.24, 2.45) is 0 Å². The van der Waals surface area contributed by atoms with Crippen LogP contribution in [0.5, 0.6) is 0 Å². The molecule has 3 rings (SSSR count). The summed E-state index contributed by atoms with van der Waals surface area (Å²) in [6, 6.07) is 2.02. The van der Waals surface area contributed by atoms with Crippen LogP contribution in [0.4, 0.5) is 0 Å². The quantitative estimate of drug-likeness (QED) is 0.699. The monoisotopic (exact) mass is 230 g/mol. The van der Waals surface area contributed by atoms with Crippen LogP contribution in [0.3, 0.4) is 0 Å². The van der Waals surface area contributed by atoms with Crippen LogP contribution in [0.1, 0.15) is 11.5 Å². The van der Waals surface area contributed by atoms with Crippen LogP contribution >= 0.6 is 11.3 Å². The van der Waals surface area contributed by atoms with Gasteiger partial charge in [-0.05, 0) is 25.3 Å². The first-order valence-electron chi connectivity index (χ1n) is 4.98. The van der Waals surface area contributed by atoms with Gasteiger partial charge in [0.25, 0.3) is 0 Å². The molecule has 3 aromatic rings. The van der Waals surface area contributed by atoms with E-state index in [1.165, 1.54) is 0 Å². The molecule has 0 radical (unpaired) electrons. The maximum Gasteiger partial charge on any atom is 0.126 e. The lowest BCUT2D eigenvalue weighted by Crippen LogP contribution is -1.91. The summed E-state index contributed by atoms with van der Waals surface area (Å²) < 4.78 is 1.12. The van der Waals surface area contributed by atoms with Crippen molar-refractivity contribution in [1.82, 2.24) is 20.2 Å². The number of hydrogen-bond acceptors (Lipinski definition) is 4. The fourth-order valence-corrected chi connectivity index (χ4v) is 2.59. The highest BCUT2D eigenvalue weighted by atomic mass is 32.1. The number of fused-ring (bicyclic) bond motifs is 1. The van der Waals surface area contributed by atoms with Gasteiger partial charge in [-0.1, -0.05) is 0 Å². The molecule has 0 amide bonds. The zero-order valence-corrected chi connectivity index (χ0v) is 9.80. The molecule has 0 aliphatic rings. The van der Waals surface area contributed by atoms with Gasteiger partial charge in [0.2, 0.25) is 0 Å². The first-order valence-corrected chi connectivity index (χ1v) is 5.86. The molecule has 0 saturated carbocycles. The van der Waals surface area contributed by atoms with Crippen LogP contribution < -0.4 is 0 Å². The molecule has 0 aliphatic carbocycles. The van der Waals surface area contributed by atoms with Crippen LogP contribution in [0.25, 0.3) is 21.5 Å². The van der Waals surface area contributed by atoms with Gasteiger partial charge in [0.05, 0.1) is 22.1 Å². The molecule has 5 heteroatoms. The summed E-state index contributed by atoms with van der Waals surface area (Å²) in [4.78, 5) is 8.92. The number of nitrogens with one attached hydrogen (secondary N) is 1. The van der Waals surface area contributed by atoms with Crippen molar-refractivity contribution in [3.63, 3.8) is 0 Å². The number of aromatic nitrogens is 4. The third kappa shape index (κ3) is 1.32. The Morgan fingerprint density at radius 1 is 1.25 bits per heavy atom. The molecule has 4 nitrogen and oxygen atoms in total. The Kier molecular flexibility index (Phi) is 2.00. The number of hydrogen-bond donors (Lipinski definition) is 1. The standard InChI is InChI=1S/C11H10N4S/c1-6-8(5-12-15-6)10-11-9(3-4-16-11)13-7(2)14-10/h3-5H,1-2H3,(H,12,15). The zero-order valence-electron chi connectivity index (χ0n) is 8.98. The lowest BCUT2D eigenvalue weighted by atomic mass is 10.2. The van der Waals surface area contributed by atoms with Crippen LogP contribution in [0.2, 0.25) is 0 Å². The second-order valence-electron chi connectivity index (χ2n) is 3.66. The SMILES string of the molecule is Cc1nc(-c2cn[nH]c2C)c2sccc2n1. The first-order chi connectivity index (χ1) is 7.75. The molecule has 0 aliphatic heterocycles. The van der Waals surface area contributed by atoms with Crippen LogP contribution in [0.15, 0.2) is 17.6 Å². The molecule has 3 aromatic heterocycles. The molecule has 0 saturated heterocycles. The number of rotatable bonds is 1. The normalized spacial score (nSPS) is 11.1. The van der Waals surface area contributed by atoms with Gasteiger partial charge in [-0.15, -0.1) is 11.3 Å². The Balaban J connectivity index is 2.38. The highest BCUT2D eigenvalue weighted by Gasteiger charge is 2.12. The van der Waals surface area contributed by atoms with Crippen molar-refractivity contribution in [1.29, 1.82) is 0 Å². The lowest BCUT2D eigenvalue weighted by Gasteiger charge is -2.01. The van der Waals surface area contributed by atoms with E-state index in [1.54, 1.807) is 11.3 Å². The number of H-pyrrole nitrogens is 1. The third-order valence-electron chi connectivity index (χ3n) is 2.50. The van der Waals surface area contributed by atoms with Crippen LogP contribution in [-0.2, 0) is 0 Å². The van der Waals surface area contributed by atoms with Gasteiger partial charge in [0.15, 0.2) is 0 Å². The van der Waals surface area contributed by atoms with E-state index >= 15 is 0 Å². The minimum Gasteiger partial charge on any atom is -0.282 e. The Morgan fingerprint density at radius 2 is 2.12 bits per heavy atom. The molecule has 3 heterocycles. The molecule has 0 spiro atoms. The Bertz CT molecular complexity index is 653. The number of aryl methyl sites for hydroxylation is 2. The zero-order chi connectivity index (χ0) is 11.1. The fourth-order valence-electron chi connectivity index (χ4n) is 1.75.